The molecule has 1 aliphatic carbocycles. The van der Waals surface area contributed by atoms with Crippen LogP contribution in [0.25, 0.3) is 0 Å². The van der Waals surface area contributed by atoms with Crippen LogP contribution in [0.2, 0.25) is 0 Å². The summed E-state index contributed by atoms with van der Waals surface area (Å²) in [6.07, 6.45) is 9.25. The smallest absolute Gasteiger partial charge is 0.342 e. The number of ether oxygens (including phenoxy) is 3. The molecule has 4 atom stereocenters. The molecule has 1 saturated carbocycles. The van der Waals surface area contributed by atoms with Gasteiger partial charge in [-0.05, 0) is 50.0 Å². The molecule has 1 unspecified atom stereocenters. The van der Waals surface area contributed by atoms with E-state index in [1.54, 1.807) is 30.3 Å². The molecule has 2 aliphatic rings. The van der Waals surface area contributed by atoms with Crippen LogP contribution >= 0.6 is 7.52 Å². The SMILES string of the molecule is C#Cc1cn([C@H]2C=C[C@@H](OCP(=O)(N[C@@H](C)C(=O)OCC3CC3)Oc3ccccc3)O2)c(=O)[nH]c1=O. The number of aromatic amines is 1. The number of benzene rings is 1. The van der Waals surface area contributed by atoms with Crippen molar-refractivity contribution in [3.05, 3.63) is 75.1 Å². The molecule has 0 radical (unpaired) electrons. The molecule has 2 heterocycles. The zero-order valence-corrected chi connectivity index (χ0v) is 20.4. The van der Waals surface area contributed by atoms with E-state index in [4.69, 9.17) is 25.2 Å². The van der Waals surface area contributed by atoms with E-state index in [0.717, 1.165) is 17.4 Å². The molecular weight excluding hydrogens is 489 g/mol. The van der Waals surface area contributed by atoms with Crippen LogP contribution in [0, 0.1) is 18.3 Å². The van der Waals surface area contributed by atoms with Gasteiger partial charge < -0.3 is 18.7 Å². The fraction of sp³-hybridized carbons (Fsp3) is 0.375. The normalized spacial score (nSPS) is 21.3. The van der Waals surface area contributed by atoms with E-state index in [1.165, 1.54) is 25.3 Å². The van der Waals surface area contributed by atoms with Gasteiger partial charge in [-0.1, -0.05) is 24.1 Å². The summed E-state index contributed by atoms with van der Waals surface area (Å²) in [6.45, 7) is 1.86. The topological polar surface area (TPSA) is 138 Å². The Kier molecular flexibility index (Phi) is 7.91. The first-order valence-corrected chi connectivity index (χ1v) is 13.1. The molecule has 12 heteroatoms. The van der Waals surface area contributed by atoms with E-state index in [-0.39, 0.29) is 5.56 Å². The Morgan fingerprint density at radius 3 is 2.75 bits per heavy atom. The number of esters is 1. The van der Waals surface area contributed by atoms with Crippen LogP contribution in [0.15, 0.2) is 58.3 Å². The van der Waals surface area contributed by atoms with E-state index in [2.05, 4.69) is 16.0 Å². The molecule has 1 aromatic carbocycles. The van der Waals surface area contributed by atoms with Crippen molar-refractivity contribution in [2.75, 3.05) is 13.0 Å². The van der Waals surface area contributed by atoms with Crippen LogP contribution < -0.4 is 20.9 Å². The lowest BCUT2D eigenvalue weighted by Crippen LogP contribution is -2.36. The first kappa shape index (κ1) is 25.7. The number of carbonyl (C=O) groups excluding carboxylic acids is 1. The summed E-state index contributed by atoms with van der Waals surface area (Å²) in [5.74, 6) is 2.36. The van der Waals surface area contributed by atoms with Crippen LogP contribution in [0.3, 0.4) is 0 Å². The number of para-hydroxylation sites is 1. The second kappa shape index (κ2) is 11.1. The third-order valence-corrected chi connectivity index (χ3v) is 7.19. The highest BCUT2D eigenvalue weighted by molar-refractivity contribution is 7.57. The number of carbonyl (C=O) groups is 1. The number of H-pyrrole nitrogens is 1. The van der Waals surface area contributed by atoms with E-state index >= 15 is 0 Å². The van der Waals surface area contributed by atoms with Crippen LogP contribution in [0.5, 0.6) is 5.75 Å². The van der Waals surface area contributed by atoms with Gasteiger partial charge in [0.25, 0.3) is 5.56 Å². The Hall–Kier alpha value is -3.42. The number of hydrogen-bond donors (Lipinski definition) is 2. The van der Waals surface area contributed by atoms with Gasteiger partial charge in [0.05, 0.1) is 6.61 Å². The average Bonchev–Trinajstić information content (AvgIpc) is 3.57. The number of aromatic nitrogens is 2. The minimum Gasteiger partial charge on any atom is -0.464 e. The minimum absolute atomic E-state index is 0.0384. The van der Waals surface area contributed by atoms with E-state index < -0.39 is 49.6 Å². The number of nitrogens with zero attached hydrogens (tertiary/aromatic N) is 1. The third-order valence-electron chi connectivity index (χ3n) is 5.41. The highest BCUT2D eigenvalue weighted by atomic mass is 31.2. The second-order valence-electron chi connectivity index (χ2n) is 8.43. The van der Waals surface area contributed by atoms with Gasteiger partial charge in [0.2, 0.25) is 0 Å². The maximum absolute atomic E-state index is 13.7. The van der Waals surface area contributed by atoms with Crippen molar-refractivity contribution in [2.24, 2.45) is 5.92 Å². The van der Waals surface area contributed by atoms with Crippen molar-refractivity contribution in [3.8, 4) is 18.1 Å². The van der Waals surface area contributed by atoms with Crippen molar-refractivity contribution in [1.82, 2.24) is 14.6 Å². The summed E-state index contributed by atoms with van der Waals surface area (Å²) < 4.78 is 37.1. The lowest BCUT2D eigenvalue weighted by atomic mass is 10.3. The maximum atomic E-state index is 13.7. The molecule has 1 aliphatic heterocycles. The van der Waals surface area contributed by atoms with Crippen LogP contribution in [-0.2, 0) is 23.6 Å². The Morgan fingerprint density at radius 1 is 1.31 bits per heavy atom. The van der Waals surface area contributed by atoms with Gasteiger partial charge in [0.15, 0.2) is 18.9 Å². The summed E-state index contributed by atoms with van der Waals surface area (Å²) in [5.41, 5.74) is -1.43. The Morgan fingerprint density at radius 2 is 2.06 bits per heavy atom. The van der Waals surface area contributed by atoms with E-state index in [9.17, 15) is 18.9 Å². The number of nitrogens with one attached hydrogen (secondary N) is 2. The summed E-state index contributed by atoms with van der Waals surface area (Å²) in [6, 6.07) is 7.54. The highest BCUT2D eigenvalue weighted by Crippen LogP contribution is 2.44. The molecule has 190 valence electrons. The van der Waals surface area contributed by atoms with Gasteiger partial charge in [-0.3, -0.25) is 23.7 Å². The van der Waals surface area contributed by atoms with Crippen LogP contribution in [0.1, 0.15) is 31.6 Å². The number of hydrogen-bond acceptors (Lipinski definition) is 8. The predicted molar refractivity (Wildman–Crippen MR) is 129 cm³/mol. The Balaban J connectivity index is 1.41. The van der Waals surface area contributed by atoms with Gasteiger partial charge in [0.1, 0.15) is 17.4 Å². The van der Waals surface area contributed by atoms with Crippen LogP contribution in [-0.4, -0.2) is 40.8 Å². The average molecular weight is 515 g/mol. The highest BCUT2D eigenvalue weighted by Gasteiger charge is 2.34. The molecule has 4 rings (SSSR count). The molecular formula is C24H26N3O8P. The summed E-state index contributed by atoms with van der Waals surface area (Å²) in [7, 11) is -3.79. The van der Waals surface area contributed by atoms with E-state index in [1.807, 2.05) is 0 Å². The predicted octanol–water partition coefficient (Wildman–Crippen LogP) is 2.11. The lowest BCUT2D eigenvalue weighted by molar-refractivity contribution is -0.145. The van der Waals surface area contributed by atoms with Gasteiger partial charge in [0, 0.05) is 6.20 Å². The third kappa shape index (κ3) is 6.62. The number of rotatable bonds is 11. The van der Waals surface area contributed by atoms with Crippen molar-refractivity contribution in [2.45, 2.75) is 38.3 Å². The standard InChI is InChI=1S/C24H26N3O8P/c1-3-18-13-27(24(30)25-22(18)28)20-11-12-21(34-20)33-15-36(31,35-19-7-5-4-6-8-19)26-16(2)23(29)32-14-17-9-10-17/h1,4-8,11-13,16-17,20-21H,9-10,14-15H2,2H3,(H,26,31)(H,25,28,30)/t16-,20+,21-,36?/m0/s1. The summed E-state index contributed by atoms with van der Waals surface area (Å²) in [4.78, 5) is 38.4. The van der Waals surface area contributed by atoms with Crippen molar-refractivity contribution in [3.63, 3.8) is 0 Å². The van der Waals surface area contributed by atoms with Crippen molar-refractivity contribution >= 4 is 13.5 Å². The maximum Gasteiger partial charge on any atom is 0.342 e. The number of terminal acetylenes is 1. The Labute approximate surface area is 206 Å². The molecule has 1 aromatic heterocycles. The molecule has 2 N–H and O–H groups in total. The molecule has 0 bridgehead atoms. The first-order valence-electron chi connectivity index (χ1n) is 11.3. The monoisotopic (exact) mass is 515 g/mol. The largest absolute Gasteiger partial charge is 0.464 e. The fourth-order valence-corrected chi connectivity index (χ4v) is 5.00. The molecule has 0 amide bonds. The first-order chi connectivity index (χ1) is 17.3. The van der Waals surface area contributed by atoms with Crippen molar-refractivity contribution < 1.29 is 28.1 Å². The zero-order valence-electron chi connectivity index (χ0n) is 19.5. The minimum atomic E-state index is -3.79. The summed E-state index contributed by atoms with van der Waals surface area (Å²) >= 11 is 0. The van der Waals surface area contributed by atoms with E-state index in [0.29, 0.717) is 18.3 Å². The molecule has 36 heavy (non-hydrogen) atoms. The molecule has 0 saturated heterocycles. The quantitative estimate of drug-likeness (QED) is 0.199. The molecule has 1 fully saturated rings. The molecule has 0 spiro atoms. The Bertz CT molecular complexity index is 1330. The lowest BCUT2D eigenvalue weighted by Gasteiger charge is -2.25. The molecule has 11 nitrogen and oxygen atoms in total. The van der Waals surface area contributed by atoms with Crippen LogP contribution in [0.4, 0.5) is 0 Å². The second-order valence-corrected chi connectivity index (χ2v) is 10.5. The summed E-state index contributed by atoms with van der Waals surface area (Å²) in [5, 5.41) is 2.72. The van der Waals surface area contributed by atoms with Gasteiger partial charge >= 0.3 is 19.2 Å². The zero-order chi connectivity index (χ0) is 25.7. The van der Waals surface area contributed by atoms with Gasteiger partial charge in [-0.15, -0.1) is 6.42 Å². The van der Waals surface area contributed by atoms with Gasteiger partial charge in [-0.25, -0.2) is 9.88 Å². The van der Waals surface area contributed by atoms with Gasteiger partial charge in [-0.2, -0.15) is 0 Å². The fourth-order valence-electron chi connectivity index (χ4n) is 3.31. The molecule has 2 aromatic rings. The van der Waals surface area contributed by atoms with Crippen molar-refractivity contribution in [1.29, 1.82) is 0 Å².